The van der Waals surface area contributed by atoms with Gasteiger partial charge in [-0.1, -0.05) is 0 Å². The quantitative estimate of drug-likeness (QED) is 0.297. The molecule has 0 unspecified atom stereocenters. The molecule has 2 N–H and O–H groups in total. The summed E-state index contributed by atoms with van der Waals surface area (Å²) >= 11 is 0. The maximum absolute atomic E-state index is 10.6. The highest BCUT2D eigenvalue weighted by Gasteiger charge is 2.39. The van der Waals surface area contributed by atoms with Gasteiger partial charge in [-0.05, 0) is 77.8 Å². The Labute approximate surface area is 145 Å². The first kappa shape index (κ1) is 23.4. The van der Waals surface area contributed by atoms with Crippen LogP contribution in [-0.2, 0) is 18.3 Å². The first-order chi connectivity index (χ1) is 10.1. The molecule has 0 bridgehead atoms. The van der Waals surface area contributed by atoms with Gasteiger partial charge in [0.05, 0.1) is 5.75 Å². The van der Waals surface area contributed by atoms with E-state index >= 15 is 0 Å². The topological polar surface area (TPSA) is 84.9 Å². The monoisotopic (exact) mass is 401 g/mol. The molecule has 0 spiro atoms. The zero-order chi connectivity index (χ0) is 18.4. The van der Waals surface area contributed by atoms with E-state index in [0.29, 0.717) is 13.0 Å². The molecule has 0 rings (SSSR count). The molecule has 0 amide bonds. The fourth-order valence-corrected chi connectivity index (χ4v) is 15.5. The van der Waals surface area contributed by atoms with Crippen molar-refractivity contribution in [2.45, 2.75) is 64.7 Å². The number of rotatable bonds is 12. The lowest BCUT2D eigenvalue weighted by atomic mass is 10.4. The predicted molar refractivity (Wildman–Crippen MR) is 104 cm³/mol. The van der Waals surface area contributed by atoms with Crippen molar-refractivity contribution in [1.29, 1.82) is 0 Å². The van der Waals surface area contributed by atoms with E-state index in [-0.39, 0.29) is 5.75 Å². The summed E-state index contributed by atoms with van der Waals surface area (Å²) in [6.45, 7) is 16.7. The minimum absolute atomic E-state index is 0.191. The van der Waals surface area contributed by atoms with Gasteiger partial charge < -0.3 is 13.5 Å². The molecule has 0 aliphatic heterocycles. The van der Waals surface area contributed by atoms with Crippen LogP contribution in [0.25, 0.3) is 0 Å². The normalized spacial score (nSPS) is 14.3. The third-order valence-electron chi connectivity index (χ3n) is 2.78. The molecule has 0 aliphatic rings. The van der Waals surface area contributed by atoms with Gasteiger partial charge in [-0.25, -0.2) is 0 Å². The Hall–Kier alpha value is 0.441. The molecular formula is C13H35NO5SSi3. The fraction of sp³-hybridized carbons (Fsp3) is 1.00. The minimum atomic E-state index is -3.84. The minimum Gasteiger partial charge on any atom is -0.437 e. The van der Waals surface area contributed by atoms with Gasteiger partial charge in [0.1, 0.15) is 0 Å². The average molecular weight is 402 g/mol. The first-order valence-electron chi connectivity index (χ1n) is 8.18. The molecule has 0 aliphatic carbocycles. The van der Waals surface area contributed by atoms with Crippen LogP contribution < -0.4 is 5.32 Å². The smallest absolute Gasteiger partial charge is 0.314 e. The van der Waals surface area contributed by atoms with E-state index in [1.165, 1.54) is 0 Å². The average Bonchev–Trinajstić information content (AvgIpc) is 2.20. The van der Waals surface area contributed by atoms with Crippen molar-refractivity contribution in [2.24, 2.45) is 0 Å². The second-order valence-corrected chi connectivity index (χ2v) is 22.5. The summed E-state index contributed by atoms with van der Waals surface area (Å²) in [6, 6.07) is 0.937. The van der Waals surface area contributed by atoms with Crippen molar-refractivity contribution in [3.63, 3.8) is 0 Å². The zero-order valence-corrected chi connectivity index (χ0v) is 19.5. The lowest BCUT2D eigenvalue weighted by molar-refractivity contribution is 0.380. The second-order valence-electron chi connectivity index (χ2n) is 8.06. The number of nitrogens with one attached hydrogen (secondary N) is 1. The third-order valence-corrected chi connectivity index (χ3v) is 13.2. The number of hydrogen-bond donors (Lipinski definition) is 2. The Morgan fingerprint density at radius 2 is 1.30 bits per heavy atom. The van der Waals surface area contributed by atoms with E-state index in [1.807, 2.05) is 0 Å². The van der Waals surface area contributed by atoms with Crippen LogP contribution in [0.1, 0.15) is 12.8 Å². The third kappa shape index (κ3) is 15.7. The molecule has 6 nitrogen and oxygen atoms in total. The highest BCUT2D eigenvalue weighted by Crippen LogP contribution is 2.25. The Kier molecular flexibility index (Phi) is 9.40. The molecule has 0 radical (unpaired) electrons. The first-order valence-corrected chi connectivity index (χ1v) is 19.1. The van der Waals surface area contributed by atoms with Crippen LogP contribution in [0.5, 0.6) is 0 Å². The van der Waals surface area contributed by atoms with E-state index in [2.05, 4.69) is 51.1 Å². The van der Waals surface area contributed by atoms with Crippen molar-refractivity contribution < 1.29 is 21.2 Å². The van der Waals surface area contributed by atoms with E-state index in [0.717, 1.165) is 19.0 Å². The standard InChI is InChI=1S/C13H35NO5SSi3/c1-21(2,3)18-23(7,19-22(4,5)6)13-9-11-14-10-8-12-20(15,16)17/h14H,8-13H2,1-7H3,(H,15,16,17). The van der Waals surface area contributed by atoms with Crippen molar-refractivity contribution in [1.82, 2.24) is 5.32 Å². The van der Waals surface area contributed by atoms with Crippen LogP contribution in [0.2, 0.25) is 51.9 Å². The van der Waals surface area contributed by atoms with Crippen LogP contribution in [-0.4, -0.2) is 57.0 Å². The Morgan fingerprint density at radius 3 is 1.70 bits per heavy atom. The van der Waals surface area contributed by atoms with Crippen LogP contribution in [0.4, 0.5) is 0 Å². The maximum Gasteiger partial charge on any atom is 0.314 e. The Bertz CT molecular complexity index is 430. The highest BCUT2D eigenvalue weighted by molar-refractivity contribution is 7.85. The van der Waals surface area contributed by atoms with E-state index < -0.39 is 35.3 Å². The van der Waals surface area contributed by atoms with Crippen molar-refractivity contribution >= 4 is 35.3 Å². The Balaban J connectivity index is 4.25. The molecule has 0 fully saturated rings. The second kappa shape index (κ2) is 9.22. The summed E-state index contributed by atoms with van der Waals surface area (Å²) < 4.78 is 42.8. The largest absolute Gasteiger partial charge is 0.437 e. The Morgan fingerprint density at radius 1 is 0.870 bits per heavy atom. The lowest BCUT2D eigenvalue weighted by Crippen LogP contribution is -2.52. The van der Waals surface area contributed by atoms with E-state index in [4.69, 9.17) is 12.8 Å². The van der Waals surface area contributed by atoms with Crippen molar-refractivity contribution in [3.8, 4) is 0 Å². The molecule has 23 heavy (non-hydrogen) atoms. The van der Waals surface area contributed by atoms with Crippen LogP contribution in [0, 0.1) is 0 Å². The summed E-state index contributed by atoms with van der Waals surface area (Å²) in [5.74, 6) is -0.191. The molecule has 0 heterocycles. The molecule has 0 aromatic carbocycles. The van der Waals surface area contributed by atoms with E-state index in [9.17, 15) is 8.42 Å². The summed E-state index contributed by atoms with van der Waals surface area (Å²) in [7, 11) is -9.32. The fourth-order valence-electron chi connectivity index (χ4n) is 2.46. The predicted octanol–water partition coefficient (Wildman–Crippen LogP) is 3.02. The lowest BCUT2D eigenvalue weighted by Gasteiger charge is -2.38. The maximum atomic E-state index is 10.6. The highest BCUT2D eigenvalue weighted by atomic mass is 32.2. The van der Waals surface area contributed by atoms with Crippen molar-refractivity contribution in [2.75, 3.05) is 18.8 Å². The molecule has 0 saturated heterocycles. The van der Waals surface area contributed by atoms with Gasteiger partial charge in [0.15, 0.2) is 16.6 Å². The van der Waals surface area contributed by atoms with Gasteiger partial charge in [-0.15, -0.1) is 0 Å². The van der Waals surface area contributed by atoms with E-state index in [1.54, 1.807) is 0 Å². The molecule has 10 heteroatoms. The van der Waals surface area contributed by atoms with Gasteiger partial charge >= 0.3 is 8.56 Å². The van der Waals surface area contributed by atoms with Gasteiger partial charge in [-0.3, -0.25) is 4.55 Å². The summed E-state index contributed by atoms with van der Waals surface area (Å²) in [5, 5.41) is 3.21. The molecule has 0 atom stereocenters. The zero-order valence-electron chi connectivity index (χ0n) is 15.7. The molecule has 140 valence electrons. The summed E-state index contributed by atoms with van der Waals surface area (Å²) in [6.07, 6.45) is 1.37. The van der Waals surface area contributed by atoms with Gasteiger partial charge in [-0.2, -0.15) is 8.42 Å². The summed E-state index contributed by atoms with van der Waals surface area (Å²) in [4.78, 5) is 0. The molecule has 0 saturated carbocycles. The van der Waals surface area contributed by atoms with Gasteiger partial charge in [0.2, 0.25) is 0 Å². The SMILES string of the molecule is C[Si](C)(C)O[Si](C)(CCCNCCCS(=O)(=O)O)O[Si](C)(C)C. The molecular weight excluding hydrogens is 366 g/mol. The molecule has 0 aromatic rings. The van der Waals surface area contributed by atoms with Crippen LogP contribution in [0.15, 0.2) is 0 Å². The van der Waals surface area contributed by atoms with Crippen LogP contribution >= 0.6 is 0 Å². The van der Waals surface area contributed by atoms with Crippen LogP contribution in [0.3, 0.4) is 0 Å². The summed E-state index contributed by atoms with van der Waals surface area (Å²) in [5.41, 5.74) is 0. The molecule has 0 aromatic heterocycles. The van der Waals surface area contributed by atoms with Crippen molar-refractivity contribution in [3.05, 3.63) is 0 Å². The van der Waals surface area contributed by atoms with Gasteiger partial charge in [0, 0.05) is 0 Å². The number of hydrogen-bond acceptors (Lipinski definition) is 5. The van der Waals surface area contributed by atoms with Gasteiger partial charge in [0.25, 0.3) is 10.1 Å².